The van der Waals surface area contributed by atoms with Gasteiger partial charge in [-0.15, -0.1) is 0 Å². The fourth-order valence-corrected chi connectivity index (χ4v) is 4.50. The van der Waals surface area contributed by atoms with Crippen molar-refractivity contribution in [3.63, 3.8) is 0 Å². The summed E-state index contributed by atoms with van der Waals surface area (Å²) in [4.78, 5) is 28.7. The number of aromatic nitrogens is 4. The summed E-state index contributed by atoms with van der Waals surface area (Å²) in [7, 11) is 0. The largest absolute Gasteiger partial charge is 0.478 e. The molecule has 0 fully saturated rings. The van der Waals surface area contributed by atoms with Crippen LogP contribution in [-0.4, -0.2) is 30.4 Å². The van der Waals surface area contributed by atoms with Crippen LogP contribution in [0.15, 0.2) is 89.7 Å². The molecule has 36 heavy (non-hydrogen) atoms. The number of hydrogen-bond acceptors (Lipinski definition) is 5. The first-order valence-corrected chi connectivity index (χ1v) is 11.7. The predicted molar refractivity (Wildman–Crippen MR) is 139 cm³/mol. The van der Waals surface area contributed by atoms with Gasteiger partial charge in [0.2, 0.25) is 5.95 Å². The van der Waals surface area contributed by atoms with Crippen LogP contribution in [-0.2, 0) is 6.54 Å². The molecule has 2 aromatic heterocycles. The molecule has 2 heterocycles. The highest BCUT2D eigenvalue weighted by molar-refractivity contribution is 5.87. The first-order chi connectivity index (χ1) is 17.4. The van der Waals surface area contributed by atoms with E-state index in [1.807, 2.05) is 66.1 Å². The smallest absolute Gasteiger partial charge is 0.335 e. The van der Waals surface area contributed by atoms with Gasteiger partial charge in [0.15, 0.2) is 0 Å². The topological polar surface area (TPSA) is 116 Å². The number of fused-ring (bicyclic) bond motifs is 1. The number of aromatic carboxylic acids is 1. The minimum absolute atomic E-state index is 0.175. The fourth-order valence-electron chi connectivity index (χ4n) is 4.50. The molecule has 0 amide bonds. The molecule has 3 N–H and O–H groups in total. The Kier molecular flexibility index (Phi) is 6.08. The van der Waals surface area contributed by atoms with Crippen molar-refractivity contribution >= 4 is 23.0 Å². The summed E-state index contributed by atoms with van der Waals surface area (Å²) >= 11 is 0. The average Bonchev–Trinajstić information content (AvgIpc) is 3.20. The molecule has 1 atom stereocenters. The number of benzene rings is 3. The molecule has 8 heteroatoms. The van der Waals surface area contributed by atoms with Gasteiger partial charge < -0.3 is 15.4 Å². The lowest BCUT2D eigenvalue weighted by Gasteiger charge is -2.19. The number of imidazole rings is 1. The van der Waals surface area contributed by atoms with Crippen LogP contribution in [0.5, 0.6) is 0 Å². The Morgan fingerprint density at radius 2 is 1.81 bits per heavy atom. The Labute approximate surface area is 207 Å². The van der Waals surface area contributed by atoms with Crippen molar-refractivity contribution in [1.82, 2.24) is 19.3 Å². The predicted octanol–water partition coefficient (Wildman–Crippen LogP) is 4.59. The molecule has 8 nitrogen and oxygen atoms in total. The lowest BCUT2D eigenvalue weighted by Crippen LogP contribution is -2.27. The van der Waals surface area contributed by atoms with Crippen molar-refractivity contribution in [1.29, 1.82) is 0 Å². The Hall–Kier alpha value is -4.72. The van der Waals surface area contributed by atoms with Gasteiger partial charge in [0.1, 0.15) is 0 Å². The zero-order valence-corrected chi connectivity index (χ0v) is 19.7. The second-order valence-electron chi connectivity index (χ2n) is 8.60. The summed E-state index contributed by atoms with van der Waals surface area (Å²) in [5, 5.41) is 14.1. The number of nitrogen functional groups attached to an aromatic ring is 1. The number of rotatable bonds is 7. The van der Waals surface area contributed by atoms with Crippen LogP contribution in [0.4, 0.5) is 5.95 Å². The molecule has 0 aliphatic heterocycles. The molecule has 5 aromatic rings. The first-order valence-electron chi connectivity index (χ1n) is 11.7. The number of carboxylic acids is 1. The van der Waals surface area contributed by atoms with E-state index in [-0.39, 0.29) is 11.1 Å². The van der Waals surface area contributed by atoms with Crippen molar-refractivity contribution in [3.05, 3.63) is 112 Å². The molecule has 180 valence electrons. The van der Waals surface area contributed by atoms with Crippen molar-refractivity contribution < 1.29 is 9.90 Å². The minimum atomic E-state index is -1.01. The van der Waals surface area contributed by atoms with Gasteiger partial charge in [-0.25, -0.2) is 14.5 Å². The lowest BCUT2D eigenvalue weighted by molar-refractivity contribution is 0.0696. The van der Waals surface area contributed by atoms with E-state index in [2.05, 4.69) is 10.1 Å². The maximum absolute atomic E-state index is 12.8. The molecule has 0 spiro atoms. The van der Waals surface area contributed by atoms with E-state index in [0.717, 1.165) is 27.7 Å². The van der Waals surface area contributed by atoms with E-state index < -0.39 is 12.0 Å². The van der Waals surface area contributed by atoms with E-state index in [1.165, 1.54) is 16.8 Å². The van der Waals surface area contributed by atoms with E-state index in [1.54, 1.807) is 18.2 Å². The molecule has 0 saturated carbocycles. The van der Waals surface area contributed by atoms with Crippen LogP contribution in [0.25, 0.3) is 22.3 Å². The van der Waals surface area contributed by atoms with Crippen molar-refractivity contribution in [2.75, 3.05) is 5.73 Å². The maximum atomic E-state index is 12.8. The SMILES string of the molecule is CCC(c1cccc(C(=O)O)c1)n1nc(-c2cccc(Cn3c(N)nc4ccccc43)c2)ccc1=O. The Morgan fingerprint density at radius 1 is 1.00 bits per heavy atom. The van der Waals surface area contributed by atoms with Crippen molar-refractivity contribution in [2.45, 2.75) is 25.9 Å². The Balaban J connectivity index is 1.50. The second kappa shape index (κ2) is 9.50. The summed E-state index contributed by atoms with van der Waals surface area (Å²) in [5.74, 6) is -0.563. The molecular formula is C28H25N5O3. The number of para-hydroxylation sites is 2. The van der Waals surface area contributed by atoms with Crippen LogP contribution in [0.2, 0.25) is 0 Å². The van der Waals surface area contributed by atoms with Crippen LogP contribution in [0, 0.1) is 0 Å². The van der Waals surface area contributed by atoms with E-state index in [9.17, 15) is 14.7 Å². The Bertz CT molecular complexity index is 1640. The maximum Gasteiger partial charge on any atom is 0.335 e. The van der Waals surface area contributed by atoms with E-state index in [0.29, 0.717) is 24.6 Å². The zero-order valence-electron chi connectivity index (χ0n) is 19.7. The van der Waals surface area contributed by atoms with Crippen LogP contribution >= 0.6 is 0 Å². The third kappa shape index (κ3) is 4.36. The zero-order chi connectivity index (χ0) is 25.2. The van der Waals surface area contributed by atoms with Gasteiger partial charge in [0, 0.05) is 11.6 Å². The summed E-state index contributed by atoms with van der Waals surface area (Å²) in [5.41, 5.74) is 11.2. The minimum Gasteiger partial charge on any atom is -0.478 e. The number of nitrogens with zero attached hydrogens (tertiary/aromatic N) is 4. The van der Waals surface area contributed by atoms with Crippen LogP contribution < -0.4 is 11.3 Å². The number of anilines is 1. The highest BCUT2D eigenvalue weighted by Gasteiger charge is 2.17. The van der Waals surface area contributed by atoms with E-state index in [4.69, 9.17) is 5.73 Å². The van der Waals surface area contributed by atoms with Gasteiger partial charge in [-0.3, -0.25) is 4.79 Å². The fraction of sp³-hybridized carbons (Fsp3) is 0.143. The van der Waals surface area contributed by atoms with Crippen molar-refractivity contribution in [2.24, 2.45) is 0 Å². The van der Waals surface area contributed by atoms with Crippen molar-refractivity contribution in [3.8, 4) is 11.3 Å². The molecule has 1 unspecified atom stereocenters. The van der Waals surface area contributed by atoms with Crippen LogP contribution in [0.3, 0.4) is 0 Å². The average molecular weight is 480 g/mol. The molecular weight excluding hydrogens is 454 g/mol. The Morgan fingerprint density at radius 3 is 2.61 bits per heavy atom. The molecule has 0 aliphatic rings. The highest BCUT2D eigenvalue weighted by atomic mass is 16.4. The molecule has 5 rings (SSSR count). The molecule has 0 radical (unpaired) electrons. The monoisotopic (exact) mass is 479 g/mol. The number of nitrogens with two attached hydrogens (primary N) is 1. The molecule has 0 aliphatic carbocycles. The molecule has 0 bridgehead atoms. The van der Waals surface area contributed by atoms with Gasteiger partial charge in [-0.05, 0) is 53.9 Å². The number of carboxylic acid groups (broad SMARTS) is 1. The van der Waals surface area contributed by atoms with Gasteiger partial charge in [0.25, 0.3) is 5.56 Å². The quantitative estimate of drug-likeness (QED) is 0.353. The molecule has 3 aromatic carbocycles. The van der Waals surface area contributed by atoms with Gasteiger partial charge in [-0.2, -0.15) is 5.10 Å². The number of hydrogen-bond donors (Lipinski definition) is 2. The van der Waals surface area contributed by atoms with E-state index >= 15 is 0 Å². The third-order valence-corrected chi connectivity index (χ3v) is 6.27. The van der Waals surface area contributed by atoms with Gasteiger partial charge >= 0.3 is 5.97 Å². The van der Waals surface area contributed by atoms with Gasteiger partial charge in [0.05, 0.1) is 34.9 Å². The normalized spacial score (nSPS) is 12.0. The number of carbonyl (C=O) groups is 1. The summed E-state index contributed by atoms with van der Waals surface area (Å²) in [6.07, 6.45) is 0.576. The summed E-state index contributed by atoms with van der Waals surface area (Å²) in [6, 6.07) is 25.2. The van der Waals surface area contributed by atoms with Crippen LogP contribution in [0.1, 0.15) is 40.9 Å². The lowest BCUT2D eigenvalue weighted by atomic mass is 10.0. The standard InChI is InChI=1S/C28H25N5O3/c1-2-24(20-9-6-10-21(16-20)27(35)36)33-26(34)14-13-22(31-33)19-8-5-7-18(15-19)17-32-25-12-4-3-11-23(25)30-28(32)29/h3-16,24H,2,17H2,1H3,(H2,29,30)(H,35,36). The first kappa shape index (κ1) is 23.0. The summed E-state index contributed by atoms with van der Waals surface area (Å²) < 4.78 is 3.40. The summed E-state index contributed by atoms with van der Waals surface area (Å²) in [6.45, 7) is 2.48. The second-order valence-corrected chi connectivity index (χ2v) is 8.60. The molecule has 0 saturated heterocycles. The highest BCUT2D eigenvalue weighted by Crippen LogP contribution is 2.25. The van der Waals surface area contributed by atoms with Gasteiger partial charge in [-0.1, -0.05) is 49.4 Å². The third-order valence-electron chi connectivity index (χ3n) is 6.27.